The first-order chi connectivity index (χ1) is 9.69. The monoisotopic (exact) mass is 298 g/mol. The molecule has 1 fully saturated rings. The van der Waals surface area contributed by atoms with Crippen molar-refractivity contribution in [2.75, 3.05) is 26.9 Å². The van der Waals surface area contributed by atoms with Gasteiger partial charge in [0.25, 0.3) is 0 Å². The largest absolute Gasteiger partial charge is 0.496 e. The standard InChI is InChI=1S/C14H19ClN2O3/c1-19-13-3-2-11(15)6-10(13)8-17-14(18)7-12-9-20-5-4-16-12/h2-3,6,12,16H,4-5,7-9H2,1H3,(H,17,18). The van der Waals surface area contributed by atoms with Crippen LogP contribution >= 0.6 is 11.6 Å². The van der Waals surface area contributed by atoms with Crippen molar-refractivity contribution in [3.8, 4) is 5.75 Å². The minimum absolute atomic E-state index is 0.0185. The molecular weight excluding hydrogens is 280 g/mol. The Balaban J connectivity index is 1.84. The highest BCUT2D eigenvalue weighted by molar-refractivity contribution is 6.30. The topological polar surface area (TPSA) is 59.6 Å². The fourth-order valence-electron chi connectivity index (χ4n) is 2.13. The van der Waals surface area contributed by atoms with Crippen LogP contribution in [0.1, 0.15) is 12.0 Å². The summed E-state index contributed by atoms with van der Waals surface area (Å²) in [4.78, 5) is 11.9. The maximum Gasteiger partial charge on any atom is 0.221 e. The van der Waals surface area contributed by atoms with Gasteiger partial charge in [0.2, 0.25) is 5.91 Å². The van der Waals surface area contributed by atoms with E-state index in [1.807, 2.05) is 0 Å². The summed E-state index contributed by atoms with van der Waals surface area (Å²) in [6.45, 7) is 2.47. The molecule has 0 bridgehead atoms. The molecule has 0 aliphatic carbocycles. The van der Waals surface area contributed by atoms with Gasteiger partial charge in [-0.2, -0.15) is 0 Å². The van der Waals surface area contributed by atoms with E-state index >= 15 is 0 Å². The van der Waals surface area contributed by atoms with Crippen LogP contribution in [0.2, 0.25) is 5.02 Å². The molecule has 1 aliphatic rings. The van der Waals surface area contributed by atoms with E-state index in [2.05, 4.69) is 10.6 Å². The zero-order valence-electron chi connectivity index (χ0n) is 11.4. The number of hydrogen-bond donors (Lipinski definition) is 2. The van der Waals surface area contributed by atoms with Gasteiger partial charge >= 0.3 is 0 Å². The molecule has 1 aromatic rings. The van der Waals surface area contributed by atoms with Gasteiger partial charge in [-0.3, -0.25) is 4.79 Å². The first-order valence-corrected chi connectivity index (χ1v) is 6.97. The van der Waals surface area contributed by atoms with E-state index in [1.54, 1.807) is 25.3 Å². The summed E-state index contributed by atoms with van der Waals surface area (Å²) in [5.74, 6) is 0.698. The molecule has 1 amide bonds. The predicted octanol–water partition coefficient (Wildman–Crippen LogP) is 1.34. The van der Waals surface area contributed by atoms with Crippen molar-refractivity contribution in [3.05, 3.63) is 28.8 Å². The second kappa shape index (κ2) is 7.47. The number of halogens is 1. The van der Waals surface area contributed by atoms with Crippen molar-refractivity contribution in [2.45, 2.75) is 19.0 Å². The van der Waals surface area contributed by atoms with Crippen molar-refractivity contribution in [1.29, 1.82) is 0 Å². The second-order valence-electron chi connectivity index (χ2n) is 4.66. The maximum absolute atomic E-state index is 11.9. The van der Waals surface area contributed by atoms with E-state index in [4.69, 9.17) is 21.1 Å². The second-order valence-corrected chi connectivity index (χ2v) is 5.10. The van der Waals surface area contributed by atoms with Gasteiger partial charge in [-0.1, -0.05) is 11.6 Å². The van der Waals surface area contributed by atoms with Gasteiger partial charge in [0.1, 0.15) is 5.75 Å². The van der Waals surface area contributed by atoms with Gasteiger partial charge in [0, 0.05) is 36.1 Å². The van der Waals surface area contributed by atoms with Crippen LogP contribution in [0, 0.1) is 0 Å². The molecule has 2 N–H and O–H groups in total. The highest BCUT2D eigenvalue weighted by atomic mass is 35.5. The molecule has 1 aliphatic heterocycles. The molecule has 110 valence electrons. The number of rotatable bonds is 5. The normalized spacial score (nSPS) is 18.6. The third-order valence-electron chi connectivity index (χ3n) is 3.15. The smallest absolute Gasteiger partial charge is 0.221 e. The van der Waals surface area contributed by atoms with E-state index in [9.17, 15) is 4.79 Å². The fraction of sp³-hybridized carbons (Fsp3) is 0.500. The summed E-state index contributed by atoms with van der Waals surface area (Å²) in [6, 6.07) is 5.43. The van der Waals surface area contributed by atoms with Crippen LogP contribution in [0.25, 0.3) is 0 Å². The Hall–Kier alpha value is -1.30. The first kappa shape index (κ1) is 15.1. The Bertz CT molecular complexity index is 462. The summed E-state index contributed by atoms with van der Waals surface area (Å²) in [5, 5.41) is 6.75. The quantitative estimate of drug-likeness (QED) is 0.861. The van der Waals surface area contributed by atoms with Crippen molar-refractivity contribution in [3.63, 3.8) is 0 Å². The number of hydrogen-bond acceptors (Lipinski definition) is 4. The molecule has 5 nitrogen and oxygen atoms in total. The number of nitrogens with one attached hydrogen (secondary N) is 2. The lowest BCUT2D eigenvalue weighted by atomic mass is 10.1. The Morgan fingerprint density at radius 2 is 2.45 bits per heavy atom. The Morgan fingerprint density at radius 3 is 3.15 bits per heavy atom. The Morgan fingerprint density at radius 1 is 1.60 bits per heavy atom. The third-order valence-corrected chi connectivity index (χ3v) is 3.38. The van der Waals surface area contributed by atoms with Crippen LogP contribution in [0.3, 0.4) is 0 Å². The Kier molecular flexibility index (Phi) is 5.64. The van der Waals surface area contributed by atoms with E-state index in [1.165, 1.54) is 0 Å². The van der Waals surface area contributed by atoms with Gasteiger partial charge in [-0.05, 0) is 18.2 Å². The van der Waals surface area contributed by atoms with Gasteiger partial charge in [-0.15, -0.1) is 0 Å². The number of ether oxygens (including phenoxy) is 2. The highest BCUT2D eigenvalue weighted by Crippen LogP contribution is 2.22. The molecule has 20 heavy (non-hydrogen) atoms. The average Bonchev–Trinajstić information content (AvgIpc) is 2.46. The first-order valence-electron chi connectivity index (χ1n) is 6.59. The van der Waals surface area contributed by atoms with Crippen LogP contribution in [-0.2, 0) is 16.1 Å². The lowest BCUT2D eigenvalue weighted by molar-refractivity contribution is -0.122. The van der Waals surface area contributed by atoms with E-state index in [0.29, 0.717) is 37.0 Å². The molecule has 1 saturated heterocycles. The lowest BCUT2D eigenvalue weighted by Gasteiger charge is -2.23. The third kappa shape index (κ3) is 4.37. The van der Waals surface area contributed by atoms with Gasteiger partial charge in [-0.25, -0.2) is 0 Å². The Labute approximate surface area is 123 Å². The van der Waals surface area contributed by atoms with Gasteiger partial charge in [0.05, 0.1) is 20.3 Å². The number of amides is 1. The molecule has 1 aromatic carbocycles. The molecule has 0 spiro atoms. The molecule has 1 atom stereocenters. The van der Waals surface area contributed by atoms with Crippen molar-refractivity contribution in [1.82, 2.24) is 10.6 Å². The molecule has 0 aromatic heterocycles. The molecular formula is C14H19ClN2O3. The molecule has 6 heteroatoms. The molecule has 0 radical (unpaired) electrons. The van der Waals surface area contributed by atoms with Crippen LogP contribution in [0.15, 0.2) is 18.2 Å². The number of morpholine rings is 1. The summed E-state index contributed by atoms with van der Waals surface area (Å²) in [7, 11) is 1.60. The molecule has 1 unspecified atom stereocenters. The van der Waals surface area contributed by atoms with Crippen molar-refractivity contribution >= 4 is 17.5 Å². The van der Waals surface area contributed by atoms with E-state index in [0.717, 1.165) is 12.1 Å². The molecule has 2 rings (SSSR count). The number of carbonyl (C=O) groups excluding carboxylic acids is 1. The lowest BCUT2D eigenvalue weighted by Crippen LogP contribution is -2.44. The van der Waals surface area contributed by atoms with Crippen molar-refractivity contribution in [2.24, 2.45) is 0 Å². The summed E-state index contributed by atoms with van der Waals surface area (Å²) >= 11 is 5.95. The number of benzene rings is 1. The van der Waals surface area contributed by atoms with Crippen LogP contribution < -0.4 is 15.4 Å². The number of carbonyl (C=O) groups is 1. The van der Waals surface area contributed by atoms with Gasteiger partial charge in [0.15, 0.2) is 0 Å². The average molecular weight is 299 g/mol. The highest BCUT2D eigenvalue weighted by Gasteiger charge is 2.16. The fourth-order valence-corrected chi connectivity index (χ4v) is 2.32. The summed E-state index contributed by atoms with van der Waals surface area (Å²) in [6.07, 6.45) is 0.406. The van der Waals surface area contributed by atoms with E-state index < -0.39 is 0 Å². The molecule has 0 saturated carbocycles. The number of methoxy groups -OCH3 is 1. The van der Waals surface area contributed by atoms with Crippen LogP contribution in [0.4, 0.5) is 0 Å². The van der Waals surface area contributed by atoms with Crippen molar-refractivity contribution < 1.29 is 14.3 Å². The summed E-state index contributed by atoms with van der Waals surface area (Å²) in [5.41, 5.74) is 0.862. The minimum Gasteiger partial charge on any atom is -0.496 e. The van der Waals surface area contributed by atoms with E-state index in [-0.39, 0.29) is 11.9 Å². The minimum atomic E-state index is -0.0185. The predicted molar refractivity (Wildman–Crippen MR) is 77.1 cm³/mol. The van der Waals surface area contributed by atoms with Crippen LogP contribution in [0.5, 0.6) is 5.75 Å². The summed E-state index contributed by atoms with van der Waals surface area (Å²) < 4.78 is 10.6. The SMILES string of the molecule is COc1ccc(Cl)cc1CNC(=O)CC1COCCN1. The van der Waals surface area contributed by atoms with Gasteiger partial charge < -0.3 is 20.1 Å². The van der Waals surface area contributed by atoms with Crippen LogP contribution in [-0.4, -0.2) is 38.8 Å². The zero-order chi connectivity index (χ0) is 14.4. The zero-order valence-corrected chi connectivity index (χ0v) is 12.2. The molecule has 1 heterocycles. The maximum atomic E-state index is 11.9.